The van der Waals surface area contributed by atoms with Crippen molar-refractivity contribution < 1.29 is 18.0 Å². The summed E-state index contributed by atoms with van der Waals surface area (Å²) in [6.45, 7) is 2.41. The SMILES string of the molecule is CCc1ccc(S(=O)(=O)C2CNC(SCC(=O)NCc3ccccc3)NC2=O)cc1. The molecular weight excluding hydrogens is 422 g/mol. The summed E-state index contributed by atoms with van der Waals surface area (Å²) in [5.41, 5.74) is 1.51. The molecule has 3 N–H and O–H groups in total. The van der Waals surface area contributed by atoms with Gasteiger partial charge in [0.05, 0.1) is 10.6 Å². The van der Waals surface area contributed by atoms with Crippen LogP contribution in [-0.4, -0.2) is 43.3 Å². The molecule has 2 aromatic carbocycles. The van der Waals surface area contributed by atoms with Crippen LogP contribution in [0.15, 0.2) is 59.5 Å². The molecule has 1 heterocycles. The second kappa shape index (κ2) is 10.1. The third-order valence-electron chi connectivity index (χ3n) is 4.80. The minimum atomic E-state index is -3.79. The molecule has 1 fully saturated rings. The Balaban J connectivity index is 1.49. The first-order chi connectivity index (χ1) is 14.4. The molecule has 0 saturated carbocycles. The van der Waals surface area contributed by atoms with E-state index in [4.69, 9.17) is 0 Å². The lowest BCUT2D eigenvalue weighted by Gasteiger charge is -2.29. The van der Waals surface area contributed by atoms with Gasteiger partial charge in [0.25, 0.3) is 0 Å². The van der Waals surface area contributed by atoms with Gasteiger partial charge in [0.1, 0.15) is 5.50 Å². The van der Waals surface area contributed by atoms with Crippen molar-refractivity contribution in [3.05, 3.63) is 65.7 Å². The quantitative estimate of drug-likeness (QED) is 0.566. The summed E-state index contributed by atoms with van der Waals surface area (Å²) in [5.74, 6) is -0.582. The van der Waals surface area contributed by atoms with E-state index in [0.717, 1.165) is 17.5 Å². The number of thioether (sulfide) groups is 1. The van der Waals surface area contributed by atoms with E-state index in [2.05, 4.69) is 16.0 Å². The lowest BCUT2D eigenvalue weighted by molar-refractivity contribution is -0.122. The van der Waals surface area contributed by atoms with Crippen LogP contribution in [0.5, 0.6) is 0 Å². The second-order valence-electron chi connectivity index (χ2n) is 6.90. The lowest BCUT2D eigenvalue weighted by Crippen LogP contribution is -2.59. The average molecular weight is 448 g/mol. The number of hydrogen-bond acceptors (Lipinski definition) is 6. The lowest BCUT2D eigenvalue weighted by atomic mass is 10.2. The normalized spacial score (nSPS) is 19.2. The summed E-state index contributed by atoms with van der Waals surface area (Å²) in [7, 11) is -3.79. The van der Waals surface area contributed by atoms with Gasteiger partial charge in [0.15, 0.2) is 15.1 Å². The van der Waals surface area contributed by atoms with Crippen LogP contribution in [0.25, 0.3) is 0 Å². The number of rotatable bonds is 8. The van der Waals surface area contributed by atoms with Crippen LogP contribution >= 0.6 is 11.8 Å². The maximum Gasteiger partial charge on any atom is 0.241 e. The van der Waals surface area contributed by atoms with Crippen molar-refractivity contribution in [2.45, 2.75) is 35.5 Å². The maximum atomic E-state index is 12.8. The minimum absolute atomic E-state index is 0.00695. The molecule has 2 amide bonds. The molecule has 160 valence electrons. The Hall–Kier alpha value is -2.36. The molecule has 1 aliphatic heterocycles. The first-order valence-corrected chi connectivity index (χ1v) is 12.3. The molecule has 0 bridgehead atoms. The third kappa shape index (κ3) is 5.62. The van der Waals surface area contributed by atoms with Gasteiger partial charge in [-0.3, -0.25) is 14.9 Å². The Kier molecular flexibility index (Phi) is 7.52. The van der Waals surface area contributed by atoms with Crippen LogP contribution in [-0.2, 0) is 32.4 Å². The number of carbonyl (C=O) groups is 2. The molecule has 1 saturated heterocycles. The van der Waals surface area contributed by atoms with E-state index in [9.17, 15) is 18.0 Å². The number of benzene rings is 2. The molecule has 2 unspecified atom stereocenters. The predicted molar refractivity (Wildman–Crippen MR) is 117 cm³/mol. The Morgan fingerprint density at radius 3 is 2.43 bits per heavy atom. The van der Waals surface area contributed by atoms with Gasteiger partial charge in [-0.1, -0.05) is 49.4 Å². The van der Waals surface area contributed by atoms with Crippen LogP contribution in [0.3, 0.4) is 0 Å². The summed E-state index contributed by atoms with van der Waals surface area (Å²) in [4.78, 5) is 24.6. The smallest absolute Gasteiger partial charge is 0.241 e. The van der Waals surface area contributed by atoms with Crippen molar-refractivity contribution >= 4 is 33.4 Å². The molecule has 0 radical (unpaired) electrons. The topological polar surface area (TPSA) is 104 Å². The summed E-state index contributed by atoms with van der Waals surface area (Å²) in [6, 6.07) is 16.2. The number of aryl methyl sites for hydroxylation is 1. The highest BCUT2D eigenvalue weighted by atomic mass is 32.2. The molecule has 2 aromatic rings. The van der Waals surface area contributed by atoms with E-state index in [1.165, 1.54) is 11.8 Å². The zero-order valence-electron chi connectivity index (χ0n) is 16.6. The fourth-order valence-electron chi connectivity index (χ4n) is 3.02. The number of hydrogen-bond donors (Lipinski definition) is 3. The van der Waals surface area contributed by atoms with Crippen molar-refractivity contribution in [3.63, 3.8) is 0 Å². The number of carbonyl (C=O) groups excluding carboxylic acids is 2. The molecule has 0 aromatic heterocycles. The Labute approximate surface area is 180 Å². The van der Waals surface area contributed by atoms with Crippen LogP contribution in [0.4, 0.5) is 0 Å². The van der Waals surface area contributed by atoms with Crippen LogP contribution in [0.2, 0.25) is 0 Å². The number of sulfone groups is 1. The first-order valence-electron chi connectivity index (χ1n) is 9.69. The Bertz CT molecular complexity index is 979. The van der Waals surface area contributed by atoms with Gasteiger partial charge in [0, 0.05) is 13.1 Å². The summed E-state index contributed by atoms with van der Waals surface area (Å²) >= 11 is 1.21. The minimum Gasteiger partial charge on any atom is -0.351 e. The highest BCUT2D eigenvalue weighted by molar-refractivity contribution is 8.00. The van der Waals surface area contributed by atoms with Gasteiger partial charge in [-0.05, 0) is 29.7 Å². The zero-order chi connectivity index (χ0) is 21.6. The van der Waals surface area contributed by atoms with Crippen LogP contribution in [0.1, 0.15) is 18.1 Å². The first kappa shape index (κ1) is 22.3. The van der Waals surface area contributed by atoms with Gasteiger partial charge >= 0.3 is 0 Å². The van der Waals surface area contributed by atoms with Crippen molar-refractivity contribution in [2.24, 2.45) is 0 Å². The van der Waals surface area contributed by atoms with Crippen LogP contribution < -0.4 is 16.0 Å². The molecule has 1 aliphatic rings. The Morgan fingerprint density at radius 2 is 1.80 bits per heavy atom. The molecule has 0 aliphatic carbocycles. The van der Waals surface area contributed by atoms with Gasteiger partial charge < -0.3 is 10.6 Å². The van der Waals surface area contributed by atoms with E-state index in [1.807, 2.05) is 37.3 Å². The van der Waals surface area contributed by atoms with Crippen LogP contribution in [0, 0.1) is 0 Å². The maximum absolute atomic E-state index is 12.8. The summed E-state index contributed by atoms with van der Waals surface area (Å²) in [6.07, 6.45) is 0.809. The van der Waals surface area contributed by atoms with E-state index >= 15 is 0 Å². The zero-order valence-corrected chi connectivity index (χ0v) is 18.3. The molecular formula is C21H25N3O4S2. The van der Waals surface area contributed by atoms with E-state index < -0.39 is 26.5 Å². The van der Waals surface area contributed by atoms with Gasteiger partial charge in [-0.2, -0.15) is 0 Å². The highest BCUT2D eigenvalue weighted by Gasteiger charge is 2.38. The molecule has 7 nitrogen and oxygen atoms in total. The summed E-state index contributed by atoms with van der Waals surface area (Å²) < 4.78 is 25.6. The van der Waals surface area contributed by atoms with E-state index in [-0.39, 0.29) is 23.1 Å². The van der Waals surface area contributed by atoms with E-state index in [1.54, 1.807) is 24.3 Å². The largest absolute Gasteiger partial charge is 0.351 e. The fraction of sp³-hybridized carbons (Fsp3) is 0.333. The second-order valence-corrected chi connectivity index (χ2v) is 10.1. The van der Waals surface area contributed by atoms with Crippen molar-refractivity contribution in [3.8, 4) is 0 Å². The average Bonchev–Trinajstić information content (AvgIpc) is 2.77. The highest BCUT2D eigenvalue weighted by Crippen LogP contribution is 2.20. The monoisotopic (exact) mass is 447 g/mol. The number of amides is 2. The molecule has 30 heavy (non-hydrogen) atoms. The number of nitrogens with one attached hydrogen (secondary N) is 3. The molecule has 3 rings (SSSR count). The van der Waals surface area contributed by atoms with Gasteiger partial charge in [-0.25, -0.2) is 8.42 Å². The van der Waals surface area contributed by atoms with E-state index in [0.29, 0.717) is 6.54 Å². The van der Waals surface area contributed by atoms with Crippen molar-refractivity contribution in [1.29, 1.82) is 0 Å². The fourth-order valence-corrected chi connectivity index (χ4v) is 5.36. The standard InChI is InChI=1S/C21H25N3O4S2/c1-2-15-8-10-17(11-9-15)30(27,28)18-13-23-21(24-20(18)26)29-14-19(25)22-12-16-6-4-3-5-7-16/h3-11,18,21,23H,2,12-14H2,1H3,(H,22,25)(H,24,26). The third-order valence-corrected chi connectivity index (χ3v) is 7.91. The van der Waals surface area contributed by atoms with Crippen molar-refractivity contribution in [2.75, 3.05) is 12.3 Å². The van der Waals surface area contributed by atoms with Crippen molar-refractivity contribution in [1.82, 2.24) is 16.0 Å². The predicted octanol–water partition coefficient (Wildman–Crippen LogP) is 1.44. The van der Waals surface area contributed by atoms with Gasteiger partial charge in [0.2, 0.25) is 11.8 Å². The molecule has 2 atom stereocenters. The Morgan fingerprint density at radius 1 is 1.10 bits per heavy atom. The van der Waals surface area contributed by atoms with Gasteiger partial charge in [-0.15, -0.1) is 11.8 Å². The molecule has 0 spiro atoms. The summed E-state index contributed by atoms with van der Waals surface area (Å²) in [5, 5.41) is 7.26. The molecule has 9 heteroatoms.